The fourth-order valence-corrected chi connectivity index (χ4v) is 2.84. The van der Waals surface area contributed by atoms with Crippen LogP contribution in [-0.2, 0) is 11.3 Å². The molecule has 0 aliphatic rings. The number of carbonyl (C=O) groups excluding carboxylic acids is 1. The third kappa shape index (κ3) is 3.77. The Kier molecular flexibility index (Phi) is 5.08. The average molecular weight is 376 g/mol. The molecule has 1 amide bonds. The highest BCUT2D eigenvalue weighted by Crippen LogP contribution is 2.23. The molecule has 26 heavy (non-hydrogen) atoms. The summed E-state index contributed by atoms with van der Waals surface area (Å²) in [6.07, 6.45) is 3.25. The number of nitrogens with zero attached hydrogens (tertiary/aromatic N) is 4. The van der Waals surface area contributed by atoms with Gasteiger partial charge in [0, 0.05) is 6.20 Å². The average Bonchev–Trinajstić information content (AvgIpc) is 3.13. The third-order valence-corrected chi connectivity index (χ3v) is 4.66. The number of hydrogen-bond donors (Lipinski definition) is 1. The van der Waals surface area contributed by atoms with Gasteiger partial charge in [0.2, 0.25) is 5.91 Å². The van der Waals surface area contributed by atoms with Gasteiger partial charge >= 0.3 is 0 Å². The van der Waals surface area contributed by atoms with Gasteiger partial charge in [-0.15, -0.1) is 0 Å². The lowest BCUT2D eigenvalue weighted by atomic mass is 10.2. The van der Waals surface area contributed by atoms with Gasteiger partial charge in [0.25, 0.3) is 0 Å². The van der Waals surface area contributed by atoms with Crippen LogP contribution < -0.4 is 5.32 Å². The molecule has 3 aromatic rings. The van der Waals surface area contributed by atoms with E-state index in [-0.39, 0.29) is 11.7 Å². The highest BCUT2D eigenvalue weighted by atomic mass is 35.5. The minimum absolute atomic E-state index is 0.224. The van der Waals surface area contributed by atoms with E-state index in [0.29, 0.717) is 22.9 Å². The van der Waals surface area contributed by atoms with Gasteiger partial charge < -0.3 is 5.32 Å². The van der Waals surface area contributed by atoms with Crippen molar-refractivity contribution in [2.24, 2.45) is 0 Å². The maximum atomic E-state index is 13.3. The highest BCUT2D eigenvalue weighted by molar-refractivity contribution is 6.31. The molecule has 8 heteroatoms. The molecule has 3 rings (SSSR count). The second-order valence-corrected chi connectivity index (χ2v) is 6.53. The Morgan fingerprint density at radius 3 is 2.81 bits per heavy atom. The van der Waals surface area contributed by atoms with Gasteiger partial charge in [0.15, 0.2) is 0 Å². The van der Waals surface area contributed by atoms with Crippen molar-refractivity contribution in [1.29, 1.82) is 0 Å². The fraction of sp³-hybridized carbons (Fsp3) is 0.278. The normalized spacial score (nSPS) is 12.2. The second-order valence-electron chi connectivity index (χ2n) is 6.15. The molecular formula is C18H19ClFN5O. The first kappa shape index (κ1) is 18.1. The summed E-state index contributed by atoms with van der Waals surface area (Å²) in [5.41, 5.74) is 2.78. The molecule has 0 bridgehead atoms. The molecular weight excluding hydrogens is 357 g/mol. The topological polar surface area (TPSA) is 64.7 Å². The second kappa shape index (κ2) is 7.29. The lowest BCUT2D eigenvalue weighted by molar-refractivity contribution is -0.119. The first-order valence-electron chi connectivity index (χ1n) is 8.14. The SMILES string of the molecule is Cc1nn(C(C)C(=O)Nc2cnn(Cc3cccc(F)c3)c2)c(C)c1Cl. The van der Waals surface area contributed by atoms with Crippen molar-refractivity contribution in [2.75, 3.05) is 5.32 Å². The number of amides is 1. The Hall–Kier alpha value is -2.67. The zero-order valence-electron chi connectivity index (χ0n) is 14.7. The molecule has 1 atom stereocenters. The molecule has 0 radical (unpaired) electrons. The summed E-state index contributed by atoms with van der Waals surface area (Å²) in [6, 6.07) is 5.79. The Bertz CT molecular complexity index is 949. The number of carbonyl (C=O) groups is 1. The molecule has 0 fully saturated rings. The van der Waals surface area contributed by atoms with E-state index >= 15 is 0 Å². The minimum atomic E-state index is -0.521. The molecule has 2 heterocycles. The quantitative estimate of drug-likeness (QED) is 0.738. The van der Waals surface area contributed by atoms with E-state index in [1.54, 1.807) is 41.7 Å². The number of aromatic nitrogens is 4. The molecule has 1 aromatic carbocycles. The van der Waals surface area contributed by atoms with E-state index in [4.69, 9.17) is 11.6 Å². The fourth-order valence-electron chi connectivity index (χ4n) is 2.71. The number of hydrogen-bond acceptors (Lipinski definition) is 3. The standard InChI is InChI=1S/C18H19ClFN5O/c1-11-17(19)12(2)25(23-11)13(3)18(26)22-16-8-21-24(10-16)9-14-5-4-6-15(20)7-14/h4-8,10,13H,9H2,1-3H3,(H,22,26). The first-order chi connectivity index (χ1) is 12.3. The van der Waals surface area contributed by atoms with Crippen LogP contribution in [0.2, 0.25) is 5.02 Å². The number of rotatable bonds is 5. The van der Waals surface area contributed by atoms with E-state index in [2.05, 4.69) is 15.5 Å². The van der Waals surface area contributed by atoms with Gasteiger partial charge in [-0.2, -0.15) is 10.2 Å². The molecule has 0 saturated carbocycles. The summed E-state index contributed by atoms with van der Waals surface area (Å²) < 4.78 is 16.5. The van der Waals surface area contributed by atoms with Crippen molar-refractivity contribution >= 4 is 23.2 Å². The van der Waals surface area contributed by atoms with Crippen molar-refractivity contribution in [3.63, 3.8) is 0 Å². The Balaban J connectivity index is 1.68. The Morgan fingerprint density at radius 2 is 2.15 bits per heavy atom. The number of halogens is 2. The van der Waals surface area contributed by atoms with Crippen molar-refractivity contribution in [3.8, 4) is 0 Å². The van der Waals surface area contributed by atoms with E-state index in [1.165, 1.54) is 12.1 Å². The van der Waals surface area contributed by atoms with E-state index in [9.17, 15) is 9.18 Å². The molecule has 6 nitrogen and oxygen atoms in total. The van der Waals surface area contributed by atoms with Crippen LogP contribution in [0.4, 0.5) is 10.1 Å². The number of aryl methyl sites for hydroxylation is 1. The largest absolute Gasteiger partial charge is 0.322 e. The summed E-state index contributed by atoms with van der Waals surface area (Å²) in [5, 5.41) is 11.9. The molecule has 0 aliphatic heterocycles. The molecule has 1 unspecified atom stereocenters. The van der Waals surface area contributed by atoms with Crippen LogP contribution in [0.15, 0.2) is 36.7 Å². The smallest absolute Gasteiger partial charge is 0.249 e. The molecule has 2 aromatic heterocycles. The predicted octanol–water partition coefficient (Wildman–Crippen LogP) is 3.74. The summed E-state index contributed by atoms with van der Waals surface area (Å²) in [5.74, 6) is -0.516. The summed E-state index contributed by atoms with van der Waals surface area (Å²) in [4.78, 5) is 12.5. The van der Waals surface area contributed by atoms with Gasteiger partial charge in [-0.3, -0.25) is 14.2 Å². The zero-order chi connectivity index (χ0) is 18.8. The predicted molar refractivity (Wildman–Crippen MR) is 97.8 cm³/mol. The summed E-state index contributed by atoms with van der Waals surface area (Å²) in [6.45, 7) is 5.79. The number of benzene rings is 1. The van der Waals surface area contributed by atoms with E-state index < -0.39 is 6.04 Å². The van der Waals surface area contributed by atoms with Crippen LogP contribution in [0, 0.1) is 19.7 Å². The highest BCUT2D eigenvalue weighted by Gasteiger charge is 2.21. The van der Waals surface area contributed by atoms with E-state index in [0.717, 1.165) is 11.3 Å². The van der Waals surface area contributed by atoms with Crippen LogP contribution in [0.1, 0.15) is 29.9 Å². The molecule has 0 spiro atoms. The Labute approximate surface area is 155 Å². The van der Waals surface area contributed by atoms with Gasteiger partial charge in [0.1, 0.15) is 11.9 Å². The summed E-state index contributed by atoms with van der Waals surface area (Å²) in [7, 11) is 0. The van der Waals surface area contributed by atoms with Gasteiger partial charge in [-0.05, 0) is 38.5 Å². The number of nitrogens with one attached hydrogen (secondary N) is 1. The molecule has 0 aliphatic carbocycles. The van der Waals surface area contributed by atoms with Crippen molar-refractivity contribution in [1.82, 2.24) is 19.6 Å². The van der Waals surface area contributed by atoms with Crippen molar-refractivity contribution in [2.45, 2.75) is 33.4 Å². The van der Waals surface area contributed by atoms with Gasteiger partial charge in [-0.25, -0.2) is 4.39 Å². The zero-order valence-corrected chi connectivity index (χ0v) is 15.5. The van der Waals surface area contributed by atoms with Gasteiger partial charge in [0.05, 0.1) is 34.8 Å². The maximum absolute atomic E-state index is 13.3. The van der Waals surface area contributed by atoms with Crippen LogP contribution >= 0.6 is 11.6 Å². The van der Waals surface area contributed by atoms with Crippen LogP contribution in [0.3, 0.4) is 0 Å². The van der Waals surface area contributed by atoms with Crippen LogP contribution in [0.5, 0.6) is 0 Å². The lowest BCUT2D eigenvalue weighted by Gasteiger charge is -2.13. The number of anilines is 1. The molecule has 0 saturated heterocycles. The maximum Gasteiger partial charge on any atom is 0.249 e. The van der Waals surface area contributed by atoms with Gasteiger partial charge in [-0.1, -0.05) is 23.7 Å². The molecule has 136 valence electrons. The monoisotopic (exact) mass is 375 g/mol. The first-order valence-corrected chi connectivity index (χ1v) is 8.52. The Morgan fingerprint density at radius 1 is 1.38 bits per heavy atom. The minimum Gasteiger partial charge on any atom is -0.322 e. The van der Waals surface area contributed by atoms with E-state index in [1.807, 2.05) is 13.0 Å². The van der Waals surface area contributed by atoms with Crippen molar-refractivity contribution in [3.05, 3.63) is 64.5 Å². The summed E-state index contributed by atoms with van der Waals surface area (Å²) >= 11 is 6.14. The lowest BCUT2D eigenvalue weighted by Crippen LogP contribution is -2.25. The van der Waals surface area contributed by atoms with Crippen LogP contribution in [-0.4, -0.2) is 25.5 Å². The van der Waals surface area contributed by atoms with Crippen LogP contribution in [0.25, 0.3) is 0 Å². The molecule has 1 N–H and O–H groups in total. The third-order valence-electron chi connectivity index (χ3n) is 4.12. The van der Waals surface area contributed by atoms with Crippen molar-refractivity contribution < 1.29 is 9.18 Å².